The number of fused-ring (bicyclic) bond motifs is 1. The number of hydrogen-bond acceptors (Lipinski definition) is 9. The van der Waals surface area contributed by atoms with Gasteiger partial charge in [-0.1, -0.05) is 40.0 Å². The van der Waals surface area contributed by atoms with E-state index < -0.39 is 15.1 Å². The third-order valence-corrected chi connectivity index (χ3v) is 7.31. The maximum atomic E-state index is 13.7. The first-order chi connectivity index (χ1) is 20.5. The van der Waals surface area contributed by atoms with Crippen LogP contribution in [0.3, 0.4) is 0 Å². The van der Waals surface area contributed by atoms with Crippen molar-refractivity contribution in [1.29, 1.82) is 0 Å². The van der Waals surface area contributed by atoms with E-state index in [0.29, 0.717) is 46.6 Å². The van der Waals surface area contributed by atoms with E-state index in [-0.39, 0.29) is 5.78 Å². The third-order valence-electron chi connectivity index (χ3n) is 6.71. The van der Waals surface area contributed by atoms with Gasteiger partial charge in [0.1, 0.15) is 17.1 Å². The molecule has 0 radical (unpaired) electrons. The van der Waals surface area contributed by atoms with Gasteiger partial charge in [-0.15, -0.1) is 0 Å². The Kier molecular flexibility index (Phi) is 15.0. The number of carbonyl (C=O) groups excluding carboxylic acids is 1. The lowest BCUT2D eigenvalue weighted by molar-refractivity contribution is -0.402. The van der Waals surface area contributed by atoms with Gasteiger partial charge in [0, 0.05) is 29.6 Å². The molecule has 0 amide bonds. The van der Waals surface area contributed by atoms with Gasteiger partial charge in [-0.2, -0.15) is 0 Å². The Balaban J connectivity index is 0.00000151. The Morgan fingerprint density at radius 2 is 1.51 bits per heavy atom. The van der Waals surface area contributed by atoms with Gasteiger partial charge in [-0.05, 0) is 81.2 Å². The van der Waals surface area contributed by atoms with Crippen LogP contribution < -0.4 is 9.46 Å². The van der Waals surface area contributed by atoms with Gasteiger partial charge < -0.3 is 29.4 Å². The minimum absolute atomic E-state index is 0.148. The summed E-state index contributed by atoms with van der Waals surface area (Å²) in [4.78, 5) is 24.5. The molecule has 3 aromatic rings. The number of sulfonamides is 1. The van der Waals surface area contributed by atoms with Crippen molar-refractivity contribution in [1.82, 2.24) is 4.90 Å². The van der Waals surface area contributed by atoms with Gasteiger partial charge >= 0.3 is 0 Å². The molecule has 0 aliphatic carbocycles. The van der Waals surface area contributed by atoms with Crippen LogP contribution in [0, 0.1) is 15.3 Å². The van der Waals surface area contributed by atoms with Crippen LogP contribution in [0.25, 0.3) is 11.0 Å². The average molecular weight is 619 g/mol. The van der Waals surface area contributed by atoms with E-state index >= 15 is 0 Å². The molecule has 0 unspecified atom stereocenters. The van der Waals surface area contributed by atoms with Gasteiger partial charge in [-0.3, -0.25) is 9.52 Å². The van der Waals surface area contributed by atoms with E-state index in [1.807, 2.05) is 12.1 Å². The van der Waals surface area contributed by atoms with E-state index in [1.54, 1.807) is 30.3 Å². The number of carbonyl (C=O) groups is 1. The number of nitrogens with zero attached hydrogens (tertiary/aromatic N) is 2. The minimum Gasteiger partial charge on any atom is -0.494 e. The predicted molar refractivity (Wildman–Crippen MR) is 170 cm³/mol. The molecular formula is C31H44N3O8S-. The molecular weight excluding hydrogens is 574 g/mol. The van der Waals surface area contributed by atoms with Crippen LogP contribution in [0.1, 0.15) is 87.4 Å². The summed E-state index contributed by atoms with van der Waals surface area (Å²) in [7, 11) is -3.45. The van der Waals surface area contributed by atoms with Crippen molar-refractivity contribution in [3.05, 3.63) is 74.7 Å². The van der Waals surface area contributed by atoms with Crippen LogP contribution in [0.5, 0.6) is 5.75 Å². The van der Waals surface area contributed by atoms with Crippen molar-refractivity contribution in [3.8, 4) is 5.75 Å². The number of furan rings is 1. The normalized spacial score (nSPS) is 11.3. The standard InChI is InChI=1S/C31H44N2O5S.NO3/c1-5-8-12-29-30(27-23-25(32-39(4,35)36)15-18-28(27)38-29)31(34)24-13-16-26(17-14-24)37-22-11-21-33(19-9-6-2)20-10-7-3;2-1(3)4/h13-18,23,32H,5-12,19-22H2,1-4H3;/q;-1. The van der Waals surface area contributed by atoms with Crippen LogP contribution in [0.15, 0.2) is 46.9 Å². The lowest BCUT2D eigenvalue weighted by Crippen LogP contribution is -2.28. The molecule has 12 heteroatoms. The molecule has 0 bridgehead atoms. The second-order valence-electron chi connectivity index (χ2n) is 10.4. The fourth-order valence-electron chi connectivity index (χ4n) is 4.61. The molecule has 0 spiro atoms. The Morgan fingerprint density at radius 3 is 2.07 bits per heavy atom. The summed E-state index contributed by atoms with van der Waals surface area (Å²) >= 11 is 0. The zero-order chi connectivity index (χ0) is 31.8. The Labute approximate surface area is 254 Å². The topological polar surface area (TPSA) is 155 Å². The summed E-state index contributed by atoms with van der Waals surface area (Å²) < 4.78 is 38.0. The van der Waals surface area contributed by atoms with Crippen LogP contribution in [0.4, 0.5) is 5.69 Å². The Hall–Kier alpha value is -3.64. The van der Waals surface area contributed by atoms with Crippen molar-refractivity contribution >= 4 is 32.5 Å². The highest BCUT2D eigenvalue weighted by Crippen LogP contribution is 2.32. The molecule has 1 N–H and O–H groups in total. The van der Waals surface area contributed by atoms with Crippen molar-refractivity contribution in [3.63, 3.8) is 0 Å². The molecule has 1 heterocycles. The molecule has 3 rings (SSSR count). The molecule has 43 heavy (non-hydrogen) atoms. The highest BCUT2D eigenvalue weighted by atomic mass is 32.2. The minimum atomic E-state index is -3.45. The smallest absolute Gasteiger partial charge is 0.229 e. The SMILES string of the molecule is CCCCc1oc2ccc(NS(C)(=O)=O)cc2c1C(=O)c1ccc(OCCCN(CCCC)CCCC)cc1.O=[N+]([O-])[O-]. The van der Waals surface area contributed by atoms with E-state index in [4.69, 9.17) is 24.5 Å². The summed E-state index contributed by atoms with van der Waals surface area (Å²) in [6.45, 7) is 10.5. The van der Waals surface area contributed by atoms with Crippen LogP contribution >= 0.6 is 0 Å². The van der Waals surface area contributed by atoms with Gasteiger partial charge in [-0.25, -0.2) is 8.42 Å². The van der Waals surface area contributed by atoms with E-state index in [2.05, 4.69) is 30.4 Å². The molecule has 1 aromatic heterocycles. The molecule has 0 aliphatic rings. The highest BCUT2D eigenvalue weighted by molar-refractivity contribution is 7.92. The molecule has 0 saturated heterocycles. The summed E-state index contributed by atoms with van der Waals surface area (Å²) in [5.74, 6) is 1.22. The maximum Gasteiger partial charge on any atom is 0.229 e. The van der Waals surface area contributed by atoms with Gasteiger partial charge in [0.2, 0.25) is 10.0 Å². The highest BCUT2D eigenvalue weighted by Gasteiger charge is 2.22. The first kappa shape index (κ1) is 35.6. The van der Waals surface area contributed by atoms with Crippen LogP contribution in [-0.4, -0.2) is 56.7 Å². The number of unbranched alkanes of at least 4 members (excludes halogenated alkanes) is 3. The summed E-state index contributed by atoms with van der Waals surface area (Å²) in [5, 5.41) is 15.4. The third kappa shape index (κ3) is 12.6. The second kappa shape index (κ2) is 18.1. The van der Waals surface area contributed by atoms with Gasteiger partial charge in [0.05, 0.1) is 23.5 Å². The van der Waals surface area contributed by atoms with Crippen molar-refractivity contribution < 1.29 is 27.5 Å². The van der Waals surface area contributed by atoms with Gasteiger partial charge in [0.25, 0.3) is 0 Å². The van der Waals surface area contributed by atoms with E-state index in [9.17, 15) is 13.2 Å². The van der Waals surface area contributed by atoms with E-state index in [0.717, 1.165) is 50.9 Å². The number of ether oxygens (including phenoxy) is 1. The molecule has 0 fully saturated rings. The first-order valence-electron chi connectivity index (χ1n) is 14.8. The Bertz CT molecular complexity index is 1390. The fraction of sp³-hybridized carbons (Fsp3) is 0.516. The number of benzene rings is 2. The first-order valence-corrected chi connectivity index (χ1v) is 16.7. The van der Waals surface area contributed by atoms with Gasteiger partial charge in [0.15, 0.2) is 5.78 Å². The number of aryl methyl sites for hydroxylation is 1. The zero-order valence-corrected chi connectivity index (χ0v) is 26.4. The van der Waals surface area contributed by atoms with Crippen molar-refractivity contribution in [2.75, 3.05) is 37.2 Å². The van der Waals surface area contributed by atoms with Crippen LogP contribution in [0.2, 0.25) is 0 Å². The van der Waals surface area contributed by atoms with Crippen molar-refractivity contribution in [2.24, 2.45) is 0 Å². The Morgan fingerprint density at radius 1 is 0.930 bits per heavy atom. The molecule has 238 valence electrons. The summed E-state index contributed by atoms with van der Waals surface area (Å²) in [6, 6.07) is 12.3. The average Bonchev–Trinajstić information content (AvgIpc) is 3.31. The fourth-order valence-corrected chi connectivity index (χ4v) is 5.17. The van der Waals surface area contributed by atoms with Crippen molar-refractivity contribution in [2.45, 2.75) is 72.1 Å². The monoisotopic (exact) mass is 618 g/mol. The second-order valence-corrected chi connectivity index (χ2v) is 12.2. The molecule has 0 aliphatic heterocycles. The lowest BCUT2D eigenvalue weighted by atomic mass is 9.98. The molecule has 2 aromatic carbocycles. The number of hydrogen-bond donors (Lipinski definition) is 1. The zero-order valence-electron chi connectivity index (χ0n) is 25.6. The lowest BCUT2D eigenvalue weighted by Gasteiger charge is -2.21. The predicted octanol–water partition coefficient (Wildman–Crippen LogP) is 6.81. The number of rotatable bonds is 18. The maximum absolute atomic E-state index is 13.7. The summed E-state index contributed by atoms with van der Waals surface area (Å²) in [5.41, 5.74) is 1.99. The molecule has 0 saturated carbocycles. The molecule has 0 atom stereocenters. The number of anilines is 1. The van der Waals surface area contributed by atoms with Crippen LogP contribution in [-0.2, 0) is 16.4 Å². The number of ketones is 1. The summed E-state index contributed by atoms with van der Waals surface area (Å²) in [6.07, 6.45) is 9.40. The number of nitrogens with one attached hydrogen (secondary N) is 1. The molecule has 11 nitrogen and oxygen atoms in total. The quantitative estimate of drug-likeness (QED) is 0.0700. The largest absolute Gasteiger partial charge is 0.494 e. The van der Waals surface area contributed by atoms with E-state index in [1.165, 1.54) is 25.7 Å².